The van der Waals surface area contributed by atoms with Crippen LogP contribution in [-0.4, -0.2) is 49.8 Å². The fourth-order valence-electron chi connectivity index (χ4n) is 4.01. The molecule has 1 amide bonds. The van der Waals surface area contributed by atoms with Gasteiger partial charge in [-0.2, -0.15) is 0 Å². The van der Waals surface area contributed by atoms with Crippen LogP contribution in [0.5, 0.6) is 5.75 Å². The van der Waals surface area contributed by atoms with Crippen LogP contribution in [0, 0.1) is 0 Å². The number of para-hydroxylation sites is 1. The monoisotopic (exact) mass is 366 g/mol. The summed E-state index contributed by atoms with van der Waals surface area (Å²) in [4.78, 5) is 16.7. The van der Waals surface area contributed by atoms with Gasteiger partial charge in [-0.3, -0.25) is 9.69 Å². The summed E-state index contributed by atoms with van der Waals surface area (Å²) in [5, 5.41) is 0. The SMILES string of the molecule is COc1cccc(CN2CCC3(CC2)CN(c2ccccc2)C(=O)CO3)c1. The molecule has 0 saturated carbocycles. The number of hydrogen-bond donors (Lipinski definition) is 0. The highest BCUT2D eigenvalue weighted by molar-refractivity contribution is 5.95. The lowest BCUT2D eigenvalue weighted by molar-refractivity contribution is -0.144. The van der Waals surface area contributed by atoms with Crippen molar-refractivity contribution in [2.75, 3.05) is 38.3 Å². The maximum Gasteiger partial charge on any atom is 0.253 e. The summed E-state index contributed by atoms with van der Waals surface area (Å²) < 4.78 is 11.4. The first-order valence-corrected chi connectivity index (χ1v) is 9.52. The number of likely N-dealkylation sites (tertiary alicyclic amines) is 1. The van der Waals surface area contributed by atoms with Crippen molar-refractivity contribution in [1.82, 2.24) is 4.90 Å². The van der Waals surface area contributed by atoms with Gasteiger partial charge in [0.25, 0.3) is 5.91 Å². The molecule has 5 heteroatoms. The maximum absolute atomic E-state index is 12.4. The molecule has 2 aromatic carbocycles. The second-order valence-electron chi connectivity index (χ2n) is 7.41. The first kappa shape index (κ1) is 18.0. The molecule has 2 aliphatic heterocycles. The van der Waals surface area contributed by atoms with Gasteiger partial charge in [0.2, 0.25) is 0 Å². The van der Waals surface area contributed by atoms with Gasteiger partial charge in [0.05, 0.1) is 19.3 Å². The van der Waals surface area contributed by atoms with Crippen LogP contribution in [-0.2, 0) is 16.1 Å². The Morgan fingerprint density at radius 2 is 1.85 bits per heavy atom. The van der Waals surface area contributed by atoms with Gasteiger partial charge >= 0.3 is 0 Å². The summed E-state index contributed by atoms with van der Waals surface area (Å²) in [6, 6.07) is 18.2. The number of anilines is 1. The van der Waals surface area contributed by atoms with Crippen LogP contribution in [0.4, 0.5) is 5.69 Å². The fraction of sp³-hybridized carbons (Fsp3) is 0.409. The van der Waals surface area contributed by atoms with Crippen LogP contribution in [0.1, 0.15) is 18.4 Å². The number of carbonyl (C=O) groups excluding carboxylic acids is 1. The molecule has 0 N–H and O–H groups in total. The van der Waals surface area contributed by atoms with Gasteiger partial charge in [0.15, 0.2) is 0 Å². The van der Waals surface area contributed by atoms with E-state index in [0.29, 0.717) is 6.54 Å². The molecule has 27 heavy (non-hydrogen) atoms. The molecule has 2 aliphatic rings. The van der Waals surface area contributed by atoms with E-state index in [1.54, 1.807) is 7.11 Å². The van der Waals surface area contributed by atoms with Crippen molar-refractivity contribution in [3.05, 3.63) is 60.2 Å². The number of piperidine rings is 1. The Hall–Kier alpha value is -2.37. The summed E-state index contributed by atoms with van der Waals surface area (Å²) in [6.07, 6.45) is 1.88. The quantitative estimate of drug-likeness (QED) is 0.834. The minimum Gasteiger partial charge on any atom is -0.497 e. The standard InChI is InChI=1S/C22H26N2O3/c1-26-20-9-5-6-18(14-20)15-23-12-10-22(11-13-23)17-24(21(25)16-27-22)19-7-3-2-4-8-19/h2-9,14H,10-13,15-17H2,1H3. The molecular formula is C22H26N2O3. The number of rotatable bonds is 4. The van der Waals surface area contributed by atoms with E-state index in [4.69, 9.17) is 9.47 Å². The third-order valence-corrected chi connectivity index (χ3v) is 5.62. The van der Waals surface area contributed by atoms with Crippen LogP contribution in [0.3, 0.4) is 0 Å². The predicted molar refractivity (Wildman–Crippen MR) is 105 cm³/mol. The number of carbonyl (C=O) groups is 1. The van der Waals surface area contributed by atoms with Gasteiger partial charge < -0.3 is 14.4 Å². The minimum absolute atomic E-state index is 0.0469. The Balaban J connectivity index is 1.39. The molecule has 0 atom stereocenters. The van der Waals surface area contributed by atoms with Crippen molar-refractivity contribution in [3.63, 3.8) is 0 Å². The smallest absolute Gasteiger partial charge is 0.253 e. The van der Waals surface area contributed by atoms with Crippen LogP contribution in [0.15, 0.2) is 54.6 Å². The Morgan fingerprint density at radius 3 is 2.59 bits per heavy atom. The molecule has 0 bridgehead atoms. The summed E-state index contributed by atoms with van der Waals surface area (Å²) in [7, 11) is 1.70. The number of benzene rings is 2. The fourth-order valence-corrected chi connectivity index (χ4v) is 4.01. The van der Waals surface area contributed by atoms with Gasteiger partial charge in [0.1, 0.15) is 12.4 Å². The molecule has 0 radical (unpaired) electrons. The summed E-state index contributed by atoms with van der Waals surface area (Å²) >= 11 is 0. The first-order chi connectivity index (χ1) is 13.2. The average molecular weight is 366 g/mol. The van der Waals surface area contributed by atoms with Gasteiger partial charge in [0, 0.05) is 25.3 Å². The van der Waals surface area contributed by atoms with Crippen LogP contribution >= 0.6 is 0 Å². The van der Waals surface area contributed by atoms with Gasteiger partial charge in [-0.15, -0.1) is 0 Å². The predicted octanol–water partition coefficient (Wildman–Crippen LogP) is 3.09. The molecule has 0 aromatic heterocycles. The van der Waals surface area contributed by atoms with E-state index in [1.165, 1.54) is 5.56 Å². The van der Waals surface area contributed by atoms with Crippen molar-refractivity contribution in [1.29, 1.82) is 0 Å². The molecule has 142 valence electrons. The van der Waals surface area contributed by atoms with Crippen molar-refractivity contribution >= 4 is 11.6 Å². The Morgan fingerprint density at radius 1 is 1.07 bits per heavy atom. The van der Waals surface area contributed by atoms with Crippen LogP contribution in [0.2, 0.25) is 0 Å². The summed E-state index contributed by atoms with van der Waals surface area (Å²) in [5.41, 5.74) is 1.99. The molecule has 4 rings (SSSR count). The number of hydrogen-bond acceptors (Lipinski definition) is 4. The van der Waals surface area contributed by atoms with E-state index in [2.05, 4.69) is 17.0 Å². The van der Waals surface area contributed by atoms with E-state index < -0.39 is 0 Å². The molecule has 0 aliphatic carbocycles. The molecule has 0 unspecified atom stereocenters. The van der Waals surface area contributed by atoms with Crippen LogP contribution < -0.4 is 9.64 Å². The van der Waals surface area contributed by atoms with Crippen molar-refractivity contribution < 1.29 is 14.3 Å². The van der Waals surface area contributed by atoms with E-state index in [0.717, 1.165) is 43.9 Å². The van der Waals surface area contributed by atoms with E-state index >= 15 is 0 Å². The normalized spacial score (nSPS) is 20.0. The van der Waals surface area contributed by atoms with E-state index in [1.807, 2.05) is 47.4 Å². The van der Waals surface area contributed by atoms with Gasteiger partial charge in [-0.05, 0) is 42.7 Å². The molecular weight excluding hydrogens is 340 g/mol. The Kier molecular flexibility index (Phi) is 5.14. The maximum atomic E-state index is 12.4. The zero-order chi connectivity index (χ0) is 18.7. The Bertz CT molecular complexity index is 785. The van der Waals surface area contributed by atoms with Crippen molar-refractivity contribution in [2.24, 2.45) is 0 Å². The minimum atomic E-state index is -0.228. The van der Waals surface area contributed by atoms with Crippen molar-refractivity contribution in [2.45, 2.75) is 25.0 Å². The third-order valence-electron chi connectivity index (χ3n) is 5.62. The average Bonchev–Trinajstić information content (AvgIpc) is 2.73. The number of nitrogens with zero attached hydrogens (tertiary/aromatic N) is 2. The topological polar surface area (TPSA) is 42.0 Å². The second-order valence-corrected chi connectivity index (χ2v) is 7.41. The highest BCUT2D eigenvalue weighted by Gasteiger charge is 2.42. The zero-order valence-corrected chi connectivity index (χ0v) is 15.8. The highest BCUT2D eigenvalue weighted by Crippen LogP contribution is 2.33. The molecule has 5 nitrogen and oxygen atoms in total. The van der Waals surface area contributed by atoms with E-state index in [-0.39, 0.29) is 18.1 Å². The van der Waals surface area contributed by atoms with Crippen molar-refractivity contribution in [3.8, 4) is 5.75 Å². The summed E-state index contributed by atoms with van der Waals surface area (Å²) in [6.45, 7) is 3.66. The molecule has 2 aromatic rings. The summed E-state index contributed by atoms with van der Waals surface area (Å²) in [5.74, 6) is 0.944. The van der Waals surface area contributed by atoms with Gasteiger partial charge in [-0.1, -0.05) is 30.3 Å². The molecule has 2 heterocycles. The highest BCUT2D eigenvalue weighted by atomic mass is 16.5. The number of methoxy groups -OCH3 is 1. The third kappa shape index (κ3) is 3.99. The first-order valence-electron chi connectivity index (χ1n) is 9.52. The lowest BCUT2D eigenvalue weighted by Gasteiger charge is -2.47. The lowest BCUT2D eigenvalue weighted by Crippen LogP contribution is -2.58. The molecule has 2 fully saturated rings. The lowest BCUT2D eigenvalue weighted by atomic mass is 9.88. The van der Waals surface area contributed by atoms with Crippen LogP contribution in [0.25, 0.3) is 0 Å². The molecule has 1 spiro atoms. The molecule has 2 saturated heterocycles. The second kappa shape index (κ2) is 7.71. The number of amides is 1. The zero-order valence-electron chi connectivity index (χ0n) is 15.8. The number of ether oxygens (including phenoxy) is 2. The van der Waals surface area contributed by atoms with E-state index in [9.17, 15) is 4.79 Å². The Labute approximate surface area is 160 Å². The largest absolute Gasteiger partial charge is 0.497 e. The number of morpholine rings is 1. The van der Waals surface area contributed by atoms with Gasteiger partial charge in [-0.25, -0.2) is 0 Å².